The van der Waals surface area contributed by atoms with Crippen LogP contribution in [0.2, 0.25) is 0 Å². The van der Waals surface area contributed by atoms with E-state index in [9.17, 15) is 14.9 Å². The third kappa shape index (κ3) is 3.64. The van der Waals surface area contributed by atoms with Crippen LogP contribution in [0.25, 0.3) is 10.9 Å². The van der Waals surface area contributed by atoms with Gasteiger partial charge in [0.25, 0.3) is 11.6 Å². The Morgan fingerprint density at radius 3 is 2.65 bits per heavy atom. The summed E-state index contributed by atoms with van der Waals surface area (Å²) in [4.78, 5) is 26.5. The maximum Gasteiger partial charge on any atom is 0.271 e. The average Bonchev–Trinajstić information content (AvgIpc) is 2.67. The second kappa shape index (κ2) is 7.39. The monoisotopic (exact) mass is 350 g/mol. The molecule has 0 radical (unpaired) electrons. The van der Waals surface area contributed by atoms with Crippen LogP contribution in [-0.2, 0) is 0 Å². The molecule has 0 unspecified atom stereocenters. The number of nitro benzene ring substituents is 1. The van der Waals surface area contributed by atoms with E-state index in [1.165, 1.54) is 37.6 Å². The Balaban J connectivity index is 1.76. The van der Waals surface area contributed by atoms with E-state index < -0.39 is 10.8 Å². The van der Waals surface area contributed by atoms with Crippen molar-refractivity contribution in [2.75, 3.05) is 7.11 Å². The van der Waals surface area contributed by atoms with Crippen molar-refractivity contribution in [2.45, 2.75) is 0 Å². The van der Waals surface area contributed by atoms with Crippen molar-refractivity contribution in [3.63, 3.8) is 0 Å². The van der Waals surface area contributed by atoms with E-state index in [1.807, 2.05) is 30.3 Å². The quantitative estimate of drug-likeness (QED) is 0.432. The molecule has 0 saturated carbocycles. The predicted octanol–water partition coefficient (Wildman–Crippen LogP) is 2.92. The van der Waals surface area contributed by atoms with Gasteiger partial charge in [0.15, 0.2) is 0 Å². The topological polar surface area (TPSA) is 107 Å². The number of benzene rings is 2. The standard InChI is InChI=1S/C18H14N4O4/c1-26-18-14(10-13-4-2-3-5-16(13)20-18)11-19-21-17(23)12-6-8-15(9-7-12)22(24)25/h2-11H,1H3,(H,21,23)/b19-11+. The molecule has 1 N–H and O–H groups in total. The molecular weight excluding hydrogens is 336 g/mol. The van der Waals surface area contributed by atoms with Gasteiger partial charge in [0, 0.05) is 23.1 Å². The maximum atomic E-state index is 12.0. The molecule has 130 valence electrons. The van der Waals surface area contributed by atoms with Gasteiger partial charge in [0.05, 0.1) is 29.3 Å². The van der Waals surface area contributed by atoms with Crippen LogP contribution in [-0.4, -0.2) is 29.1 Å². The summed E-state index contributed by atoms with van der Waals surface area (Å²) in [7, 11) is 1.50. The number of non-ortho nitro benzene ring substituents is 1. The number of fused-ring (bicyclic) bond motifs is 1. The summed E-state index contributed by atoms with van der Waals surface area (Å²) in [5, 5.41) is 15.5. The highest BCUT2D eigenvalue weighted by molar-refractivity contribution is 5.96. The van der Waals surface area contributed by atoms with Crippen molar-refractivity contribution in [1.29, 1.82) is 0 Å². The number of aromatic nitrogens is 1. The summed E-state index contributed by atoms with van der Waals surface area (Å²) < 4.78 is 5.25. The first-order valence-electron chi connectivity index (χ1n) is 7.60. The molecule has 1 aromatic heterocycles. The van der Waals surface area contributed by atoms with Crippen LogP contribution in [0.15, 0.2) is 59.7 Å². The van der Waals surface area contributed by atoms with Crippen LogP contribution in [0.5, 0.6) is 5.88 Å². The number of nitro groups is 1. The van der Waals surface area contributed by atoms with Gasteiger partial charge in [-0.15, -0.1) is 0 Å². The zero-order valence-electron chi connectivity index (χ0n) is 13.7. The summed E-state index contributed by atoms with van der Waals surface area (Å²) in [6.45, 7) is 0. The number of carbonyl (C=O) groups is 1. The number of carbonyl (C=O) groups excluding carboxylic acids is 1. The lowest BCUT2D eigenvalue weighted by molar-refractivity contribution is -0.384. The molecule has 0 aliphatic rings. The third-order valence-corrected chi connectivity index (χ3v) is 3.62. The minimum atomic E-state index is -0.529. The van der Waals surface area contributed by atoms with Crippen molar-refractivity contribution in [1.82, 2.24) is 10.4 Å². The molecule has 8 heteroatoms. The zero-order chi connectivity index (χ0) is 18.5. The number of para-hydroxylation sites is 1. The molecule has 0 bridgehead atoms. The van der Waals surface area contributed by atoms with Crippen LogP contribution in [0, 0.1) is 10.1 Å². The number of ether oxygens (including phenoxy) is 1. The van der Waals surface area contributed by atoms with Gasteiger partial charge in [0.1, 0.15) is 0 Å². The smallest absolute Gasteiger partial charge is 0.271 e. The van der Waals surface area contributed by atoms with Crippen molar-refractivity contribution >= 4 is 28.7 Å². The first-order chi connectivity index (χ1) is 12.6. The molecule has 3 aromatic rings. The summed E-state index contributed by atoms with van der Waals surface area (Å²) in [6.07, 6.45) is 1.43. The lowest BCUT2D eigenvalue weighted by atomic mass is 10.1. The first kappa shape index (κ1) is 17.0. The molecular formula is C18H14N4O4. The minimum absolute atomic E-state index is 0.0861. The number of hydrogen-bond donors (Lipinski definition) is 1. The second-order valence-corrected chi connectivity index (χ2v) is 5.28. The molecule has 0 fully saturated rings. The average molecular weight is 350 g/mol. The summed E-state index contributed by atoms with van der Waals surface area (Å²) in [5.74, 6) is -0.0964. The number of methoxy groups -OCH3 is 1. The van der Waals surface area contributed by atoms with E-state index in [1.54, 1.807) is 0 Å². The summed E-state index contributed by atoms with van der Waals surface area (Å²) >= 11 is 0. The van der Waals surface area contributed by atoms with Gasteiger partial charge in [-0.05, 0) is 24.3 Å². The maximum absolute atomic E-state index is 12.0. The highest BCUT2D eigenvalue weighted by Crippen LogP contribution is 2.20. The van der Waals surface area contributed by atoms with Gasteiger partial charge < -0.3 is 4.74 Å². The lowest BCUT2D eigenvalue weighted by Crippen LogP contribution is -2.17. The fraction of sp³-hybridized carbons (Fsp3) is 0.0556. The van der Waals surface area contributed by atoms with Crippen LogP contribution >= 0.6 is 0 Å². The van der Waals surface area contributed by atoms with Crippen LogP contribution in [0.3, 0.4) is 0 Å². The lowest BCUT2D eigenvalue weighted by Gasteiger charge is -2.06. The molecule has 3 rings (SSSR count). The number of pyridine rings is 1. The number of nitrogens with one attached hydrogen (secondary N) is 1. The van der Waals surface area contributed by atoms with Crippen LogP contribution in [0.4, 0.5) is 5.69 Å². The summed E-state index contributed by atoms with van der Waals surface area (Å²) in [6, 6.07) is 14.7. The van der Waals surface area contributed by atoms with Gasteiger partial charge in [-0.3, -0.25) is 14.9 Å². The molecule has 0 atom stereocenters. The predicted molar refractivity (Wildman–Crippen MR) is 96.5 cm³/mol. The first-order valence-corrected chi connectivity index (χ1v) is 7.60. The van der Waals surface area contributed by atoms with Gasteiger partial charge in [-0.1, -0.05) is 18.2 Å². The van der Waals surface area contributed by atoms with Gasteiger partial charge in [0.2, 0.25) is 5.88 Å². The van der Waals surface area contributed by atoms with Crippen LogP contribution < -0.4 is 10.2 Å². The summed E-state index contributed by atoms with van der Waals surface area (Å²) in [5.41, 5.74) is 3.94. The largest absolute Gasteiger partial charge is 0.481 e. The van der Waals surface area contributed by atoms with Crippen molar-refractivity contribution < 1.29 is 14.5 Å². The van der Waals surface area contributed by atoms with Gasteiger partial charge in [-0.2, -0.15) is 5.10 Å². The van der Waals surface area contributed by atoms with E-state index >= 15 is 0 Å². The molecule has 2 aromatic carbocycles. The molecule has 0 aliphatic heterocycles. The van der Waals surface area contributed by atoms with E-state index in [4.69, 9.17) is 4.74 Å². The molecule has 8 nitrogen and oxygen atoms in total. The van der Waals surface area contributed by atoms with Crippen molar-refractivity contribution in [3.05, 3.63) is 75.8 Å². The number of hydrazone groups is 1. The van der Waals surface area contributed by atoms with E-state index in [0.29, 0.717) is 11.4 Å². The SMILES string of the molecule is COc1nc2ccccc2cc1/C=N/NC(=O)c1ccc([N+](=O)[O-])cc1. The molecule has 26 heavy (non-hydrogen) atoms. The highest BCUT2D eigenvalue weighted by atomic mass is 16.6. The fourth-order valence-electron chi connectivity index (χ4n) is 2.33. The molecule has 1 amide bonds. The Bertz CT molecular complexity index is 1000. The van der Waals surface area contributed by atoms with Gasteiger partial charge in [-0.25, -0.2) is 10.4 Å². The Morgan fingerprint density at radius 1 is 1.23 bits per heavy atom. The second-order valence-electron chi connectivity index (χ2n) is 5.28. The van der Waals surface area contributed by atoms with Crippen LogP contribution in [0.1, 0.15) is 15.9 Å². The third-order valence-electron chi connectivity index (χ3n) is 3.62. The Hall–Kier alpha value is -3.81. The zero-order valence-corrected chi connectivity index (χ0v) is 13.7. The Labute approximate surface area is 148 Å². The number of hydrogen-bond acceptors (Lipinski definition) is 6. The number of amides is 1. The van der Waals surface area contributed by atoms with E-state index in [2.05, 4.69) is 15.5 Å². The van der Waals surface area contributed by atoms with Crippen molar-refractivity contribution in [2.24, 2.45) is 5.10 Å². The highest BCUT2D eigenvalue weighted by Gasteiger charge is 2.09. The molecule has 0 aliphatic carbocycles. The van der Waals surface area contributed by atoms with E-state index in [0.717, 1.165) is 10.9 Å². The van der Waals surface area contributed by atoms with Gasteiger partial charge >= 0.3 is 0 Å². The van der Waals surface area contributed by atoms with E-state index in [-0.39, 0.29) is 11.3 Å². The van der Waals surface area contributed by atoms with Crippen molar-refractivity contribution in [3.8, 4) is 5.88 Å². The number of rotatable bonds is 5. The number of nitrogens with zero attached hydrogens (tertiary/aromatic N) is 3. The molecule has 0 spiro atoms. The normalized spacial score (nSPS) is 10.8. The molecule has 1 heterocycles. The Kier molecular flexibility index (Phi) is 4.84. The Morgan fingerprint density at radius 2 is 1.96 bits per heavy atom. The minimum Gasteiger partial charge on any atom is -0.481 e. The fourth-order valence-corrected chi connectivity index (χ4v) is 2.33. The molecule has 0 saturated heterocycles.